The summed E-state index contributed by atoms with van der Waals surface area (Å²) in [7, 11) is 1.86. The molecule has 2 aromatic rings. The van der Waals surface area contributed by atoms with Gasteiger partial charge in [-0.15, -0.1) is 0 Å². The zero-order valence-electron chi connectivity index (χ0n) is 13.0. The maximum absolute atomic E-state index is 6.34. The Bertz CT molecular complexity index is 654. The first kappa shape index (κ1) is 14.0. The second-order valence-electron chi connectivity index (χ2n) is 5.98. The number of rotatable bonds is 3. The van der Waals surface area contributed by atoms with Crippen LogP contribution in [0.2, 0.25) is 0 Å². The number of ether oxygens (including phenoxy) is 1. The first-order valence-corrected chi connectivity index (χ1v) is 7.62. The third kappa shape index (κ3) is 2.50. The van der Waals surface area contributed by atoms with E-state index in [4.69, 9.17) is 10.5 Å². The molecule has 1 heterocycles. The first-order chi connectivity index (χ1) is 10.1. The molecule has 0 unspecified atom stereocenters. The second kappa shape index (κ2) is 5.43. The van der Waals surface area contributed by atoms with Gasteiger partial charge < -0.3 is 10.5 Å². The molecule has 0 spiro atoms. The van der Waals surface area contributed by atoms with Crippen molar-refractivity contribution in [2.24, 2.45) is 7.05 Å². The van der Waals surface area contributed by atoms with E-state index in [2.05, 4.69) is 31.1 Å². The molecule has 1 saturated carbocycles. The summed E-state index contributed by atoms with van der Waals surface area (Å²) in [5, 5.41) is 4.25. The highest BCUT2D eigenvalue weighted by molar-refractivity contribution is 5.79. The van der Waals surface area contributed by atoms with E-state index in [0.717, 1.165) is 29.7 Å². The van der Waals surface area contributed by atoms with Crippen LogP contribution in [0.4, 0.5) is 5.82 Å². The molecule has 4 heteroatoms. The van der Waals surface area contributed by atoms with Crippen LogP contribution in [0.1, 0.15) is 36.8 Å². The molecule has 0 bridgehead atoms. The summed E-state index contributed by atoms with van der Waals surface area (Å²) in [6, 6.07) is 4.22. The van der Waals surface area contributed by atoms with Crippen LogP contribution in [-0.2, 0) is 7.05 Å². The summed E-state index contributed by atoms with van der Waals surface area (Å²) in [5.41, 5.74) is 10.6. The highest BCUT2D eigenvalue weighted by Crippen LogP contribution is 2.39. The summed E-state index contributed by atoms with van der Waals surface area (Å²) in [5.74, 6) is 1.65. The number of hydrogen-bond acceptors (Lipinski definition) is 3. The summed E-state index contributed by atoms with van der Waals surface area (Å²) in [6.07, 6.45) is 6.98. The number of aromatic nitrogens is 2. The normalized spacial score (nSPS) is 15.6. The molecule has 112 valence electrons. The lowest BCUT2D eigenvalue weighted by Crippen LogP contribution is -2.13. The maximum atomic E-state index is 6.34. The summed E-state index contributed by atoms with van der Waals surface area (Å²) in [4.78, 5) is 0. The predicted molar refractivity (Wildman–Crippen MR) is 85.4 cm³/mol. The fourth-order valence-corrected chi connectivity index (χ4v) is 2.98. The fourth-order valence-electron chi connectivity index (χ4n) is 2.98. The minimum absolute atomic E-state index is 0.335. The number of nitrogens with zero attached hydrogens (tertiary/aromatic N) is 2. The van der Waals surface area contributed by atoms with Crippen LogP contribution in [0, 0.1) is 13.8 Å². The zero-order chi connectivity index (χ0) is 15.0. The lowest BCUT2D eigenvalue weighted by atomic mass is 10.00. The molecule has 0 aliphatic heterocycles. The van der Waals surface area contributed by atoms with Gasteiger partial charge in [-0.05, 0) is 50.7 Å². The van der Waals surface area contributed by atoms with Gasteiger partial charge in [-0.25, -0.2) is 0 Å². The van der Waals surface area contributed by atoms with E-state index in [1.54, 1.807) is 4.68 Å². The largest absolute Gasteiger partial charge is 0.489 e. The van der Waals surface area contributed by atoms with Crippen molar-refractivity contribution in [3.05, 3.63) is 29.5 Å². The highest BCUT2D eigenvalue weighted by Gasteiger charge is 2.21. The van der Waals surface area contributed by atoms with Crippen LogP contribution in [-0.4, -0.2) is 15.9 Å². The Morgan fingerprint density at radius 3 is 2.52 bits per heavy atom. The minimum Gasteiger partial charge on any atom is -0.489 e. The molecule has 1 aromatic heterocycles. The van der Waals surface area contributed by atoms with Crippen LogP contribution >= 0.6 is 0 Å². The number of nitrogens with two attached hydrogens (primary N) is 1. The Morgan fingerprint density at radius 1 is 1.19 bits per heavy atom. The smallest absolute Gasteiger partial charge is 0.130 e. The molecule has 4 nitrogen and oxygen atoms in total. The Labute approximate surface area is 125 Å². The van der Waals surface area contributed by atoms with Crippen molar-refractivity contribution in [2.75, 3.05) is 5.73 Å². The molecule has 1 fully saturated rings. The number of hydrogen-bond donors (Lipinski definition) is 1. The second-order valence-corrected chi connectivity index (χ2v) is 5.98. The lowest BCUT2D eigenvalue weighted by Gasteiger charge is -2.20. The molecule has 21 heavy (non-hydrogen) atoms. The SMILES string of the molecule is Cc1ccc(-c2cnn(C)c2N)c(OC2CCCC2)c1C. The number of anilines is 1. The Kier molecular flexibility index (Phi) is 3.62. The van der Waals surface area contributed by atoms with Gasteiger partial charge in [0.2, 0.25) is 0 Å². The summed E-state index contributed by atoms with van der Waals surface area (Å²) >= 11 is 0. The van der Waals surface area contributed by atoms with Crippen molar-refractivity contribution in [3.63, 3.8) is 0 Å². The van der Waals surface area contributed by atoms with Crippen molar-refractivity contribution in [1.82, 2.24) is 9.78 Å². The van der Waals surface area contributed by atoms with E-state index in [1.807, 2.05) is 13.2 Å². The van der Waals surface area contributed by atoms with Gasteiger partial charge in [0, 0.05) is 18.2 Å². The van der Waals surface area contributed by atoms with Gasteiger partial charge in [-0.2, -0.15) is 5.10 Å². The molecular formula is C17H23N3O. The standard InChI is InChI=1S/C17H23N3O/c1-11-8-9-14(15-10-19-20(3)17(15)18)16(12(11)2)21-13-6-4-5-7-13/h8-10,13H,4-7,18H2,1-3H3. The average molecular weight is 285 g/mol. The van der Waals surface area contributed by atoms with Crippen molar-refractivity contribution >= 4 is 5.82 Å². The van der Waals surface area contributed by atoms with Crippen LogP contribution < -0.4 is 10.5 Å². The van der Waals surface area contributed by atoms with Crippen LogP contribution in [0.25, 0.3) is 11.1 Å². The van der Waals surface area contributed by atoms with E-state index < -0.39 is 0 Å². The quantitative estimate of drug-likeness (QED) is 0.937. The molecule has 0 saturated heterocycles. The van der Waals surface area contributed by atoms with Gasteiger partial charge in [0.1, 0.15) is 11.6 Å². The van der Waals surface area contributed by atoms with Gasteiger partial charge >= 0.3 is 0 Å². The van der Waals surface area contributed by atoms with E-state index in [-0.39, 0.29) is 0 Å². The molecule has 0 radical (unpaired) electrons. The molecule has 0 atom stereocenters. The zero-order valence-corrected chi connectivity index (χ0v) is 13.0. The van der Waals surface area contributed by atoms with Crippen molar-refractivity contribution in [2.45, 2.75) is 45.6 Å². The van der Waals surface area contributed by atoms with Gasteiger partial charge in [-0.3, -0.25) is 4.68 Å². The predicted octanol–water partition coefficient (Wildman–Crippen LogP) is 3.61. The van der Waals surface area contributed by atoms with Crippen LogP contribution in [0.5, 0.6) is 5.75 Å². The van der Waals surface area contributed by atoms with E-state index >= 15 is 0 Å². The third-order valence-corrected chi connectivity index (χ3v) is 4.54. The first-order valence-electron chi connectivity index (χ1n) is 7.62. The number of aryl methyl sites for hydroxylation is 2. The molecular weight excluding hydrogens is 262 g/mol. The van der Waals surface area contributed by atoms with Gasteiger partial charge in [0.15, 0.2) is 0 Å². The van der Waals surface area contributed by atoms with E-state index in [1.165, 1.54) is 24.0 Å². The summed E-state index contributed by atoms with van der Waals surface area (Å²) < 4.78 is 8.04. The van der Waals surface area contributed by atoms with Crippen LogP contribution in [0.15, 0.2) is 18.3 Å². The number of benzene rings is 1. The molecule has 1 aliphatic rings. The van der Waals surface area contributed by atoms with Gasteiger partial charge in [-0.1, -0.05) is 12.1 Å². The van der Waals surface area contributed by atoms with Crippen molar-refractivity contribution in [3.8, 4) is 16.9 Å². The fraction of sp³-hybridized carbons (Fsp3) is 0.471. The topological polar surface area (TPSA) is 53.1 Å². The van der Waals surface area contributed by atoms with Gasteiger partial charge in [0.05, 0.1) is 12.3 Å². The Morgan fingerprint density at radius 2 is 1.90 bits per heavy atom. The molecule has 1 aliphatic carbocycles. The minimum atomic E-state index is 0.335. The Balaban J connectivity index is 2.07. The molecule has 0 amide bonds. The lowest BCUT2D eigenvalue weighted by molar-refractivity contribution is 0.209. The highest BCUT2D eigenvalue weighted by atomic mass is 16.5. The Hall–Kier alpha value is -1.97. The van der Waals surface area contributed by atoms with Crippen LogP contribution in [0.3, 0.4) is 0 Å². The number of nitrogen functional groups attached to an aromatic ring is 1. The van der Waals surface area contributed by atoms with Crippen molar-refractivity contribution in [1.29, 1.82) is 0 Å². The third-order valence-electron chi connectivity index (χ3n) is 4.54. The molecule has 2 N–H and O–H groups in total. The average Bonchev–Trinajstić information content (AvgIpc) is 3.08. The van der Waals surface area contributed by atoms with E-state index in [9.17, 15) is 0 Å². The maximum Gasteiger partial charge on any atom is 0.130 e. The molecule has 3 rings (SSSR count). The van der Waals surface area contributed by atoms with E-state index in [0.29, 0.717) is 11.9 Å². The summed E-state index contributed by atoms with van der Waals surface area (Å²) in [6.45, 7) is 4.24. The van der Waals surface area contributed by atoms with Crippen molar-refractivity contribution < 1.29 is 4.74 Å². The molecule has 1 aromatic carbocycles. The van der Waals surface area contributed by atoms with Gasteiger partial charge in [0.25, 0.3) is 0 Å². The monoisotopic (exact) mass is 285 g/mol.